The molecule has 26 heavy (non-hydrogen) atoms. The minimum absolute atomic E-state index is 0.108. The normalized spacial score (nSPS) is 16.3. The number of hydrogen-bond donors (Lipinski definition) is 1. The highest BCUT2D eigenvalue weighted by molar-refractivity contribution is 6.13. The second-order valence-electron chi connectivity index (χ2n) is 5.59. The Bertz CT molecular complexity index is 906. The number of urea groups is 1. The van der Waals surface area contributed by atoms with Crippen LogP contribution < -0.4 is 5.32 Å². The van der Waals surface area contributed by atoms with E-state index in [-0.39, 0.29) is 23.4 Å². The van der Waals surface area contributed by atoms with Crippen molar-refractivity contribution < 1.29 is 27.2 Å². The van der Waals surface area contributed by atoms with Gasteiger partial charge in [-0.1, -0.05) is 30.3 Å². The third-order valence-electron chi connectivity index (χ3n) is 3.77. The molecule has 1 aliphatic rings. The highest BCUT2D eigenvalue weighted by Gasteiger charge is 2.34. The molecule has 0 saturated carbocycles. The van der Waals surface area contributed by atoms with E-state index in [9.17, 15) is 27.2 Å². The summed E-state index contributed by atoms with van der Waals surface area (Å²) in [5, 5.41) is 2.29. The molecule has 1 N–H and O–H groups in total. The molecule has 8 heteroatoms. The number of rotatable bonds is 3. The first-order valence-corrected chi connectivity index (χ1v) is 7.51. The molecule has 0 atom stereocenters. The van der Waals surface area contributed by atoms with Gasteiger partial charge in [-0.05, 0) is 29.8 Å². The summed E-state index contributed by atoms with van der Waals surface area (Å²) in [6, 6.07) is 9.26. The molecule has 2 aromatic rings. The first kappa shape index (κ1) is 17.7. The lowest BCUT2D eigenvalue weighted by Gasteiger charge is -2.12. The van der Waals surface area contributed by atoms with Crippen LogP contribution in [0.3, 0.4) is 0 Å². The van der Waals surface area contributed by atoms with Gasteiger partial charge in [0.15, 0.2) is 0 Å². The SMILES string of the molecule is O=C1NC(=Cc2cccc(C(F)(F)F)c2)C(=O)N1Cc1ccccc1F. The van der Waals surface area contributed by atoms with E-state index in [1.807, 2.05) is 0 Å². The number of nitrogens with zero attached hydrogens (tertiary/aromatic N) is 1. The van der Waals surface area contributed by atoms with Crippen molar-refractivity contribution in [3.8, 4) is 0 Å². The summed E-state index contributed by atoms with van der Waals surface area (Å²) < 4.78 is 52.0. The molecule has 0 unspecified atom stereocenters. The molecular formula is C18H12F4N2O2. The van der Waals surface area contributed by atoms with Gasteiger partial charge in [-0.3, -0.25) is 9.69 Å². The zero-order valence-electron chi connectivity index (χ0n) is 13.2. The predicted octanol–water partition coefficient (Wildman–Crippen LogP) is 3.94. The van der Waals surface area contributed by atoms with Crippen LogP contribution in [-0.2, 0) is 17.5 Å². The van der Waals surface area contributed by atoms with Crippen LogP contribution in [0.25, 0.3) is 6.08 Å². The second kappa shape index (κ2) is 6.62. The Morgan fingerprint density at radius 1 is 1.04 bits per heavy atom. The van der Waals surface area contributed by atoms with Gasteiger partial charge >= 0.3 is 12.2 Å². The molecule has 1 saturated heterocycles. The number of halogens is 4. The topological polar surface area (TPSA) is 49.4 Å². The first-order chi connectivity index (χ1) is 12.3. The largest absolute Gasteiger partial charge is 0.416 e. The fraction of sp³-hybridized carbons (Fsp3) is 0.111. The summed E-state index contributed by atoms with van der Waals surface area (Å²) in [4.78, 5) is 25.1. The number of nitrogens with one attached hydrogen (secondary N) is 1. The lowest BCUT2D eigenvalue weighted by Crippen LogP contribution is -2.30. The summed E-state index contributed by atoms with van der Waals surface area (Å²) in [6.07, 6.45) is -3.37. The molecular weight excluding hydrogens is 352 g/mol. The maximum atomic E-state index is 13.7. The fourth-order valence-electron chi connectivity index (χ4n) is 2.48. The van der Waals surface area contributed by atoms with Crippen LogP contribution in [0.15, 0.2) is 54.2 Å². The van der Waals surface area contributed by atoms with Crippen LogP contribution in [0, 0.1) is 5.82 Å². The van der Waals surface area contributed by atoms with Gasteiger partial charge in [-0.15, -0.1) is 0 Å². The molecule has 134 valence electrons. The number of benzene rings is 2. The standard InChI is InChI=1S/C18H12F4N2O2/c19-14-7-2-1-5-12(14)10-24-16(25)15(23-17(24)26)9-11-4-3-6-13(8-11)18(20,21)22/h1-9H,10H2,(H,23,26). The van der Waals surface area contributed by atoms with E-state index >= 15 is 0 Å². The predicted molar refractivity (Wildman–Crippen MR) is 84.9 cm³/mol. The zero-order chi connectivity index (χ0) is 18.9. The Balaban J connectivity index is 1.85. The Labute approximate surface area is 145 Å². The van der Waals surface area contributed by atoms with Crippen molar-refractivity contribution in [2.24, 2.45) is 0 Å². The minimum atomic E-state index is -4.52. The van der Waals surface area contributed by atoms with E-state index in [1.165, 1.54) is 30.3 Å². The molecule has 4 nitrogen and oxygen atoms in total. The van der Waals surface area contributed by atoms with Gasteiger partial charge in [0, 0.05) is 5.56 Å². The quantitative estimate of drug-likeness (QED) is 0.510. The van der Waals surface area contributed by atoms with Crippen LogP contribution in [0.4, 0.5) is 22.4 Å². The van der Waals surface area contributed by atoms with Gasteiger partial charge in [-0.2, -0.15) is 13.2 Å². The number of hydrogen-bond acceptors (Lipinski definition) is 2. The van der Waals surface area contributed by atoms with E-state index in [1.54, 1.807) is 6.07 Å². The van der Waals surface area contributed by atoms with Crippen molar-refractivity contribution >= 4 is 18.0 Å². The minimum Gasteiger partial charge on any atom is -0.303 e. The maximum Gasteiger partial charge on any atom is 0.416 e. The molecule has 1 aliphatic heterocycles. The molecule has 0 bridgehead atoms. The van der Waals surface area contributed by atoms with Crippen LogP contribution in [-0.4, -0.2) is 16.8 Å². The molecule has 3 rings (SSSR count). The number of alkyl halides is 3. The van der Waals surface area contributed by atoms with Crippen molar-refractivity contribution in [3.63, 3.8) is 0 Å². The lowest BCUT2D eigenvalue weighted by molar-refractivity contribution is -0.137. The van der Waals surface area contributed by atoms with E-state index in [2.05, 4.69) is 5.32 Å². The molecule has 1 fully saturated rings. The van der Waals surface area contributed by atoms with Gasteiger partial charge in [0.05, 0.1) is 12.1 Å². The highest BCUT2D eigenvalue weighted by atomic mass is 19.4. The molecule has 0 spiro atoms. The number of carbonyl (C=O) groups excluding carboxylic acids is 2. The second-order valence-corrected chi connectivity index (χ2v) is 5.59. The summed E-state index contributed by atoms with van der Waals surface area (Å²) in [5.74, 6) is -1.31. The highest BCUT2D eigenvalue weighted by Crippen LogP contribution is 2.30. The Morgan fingerprint density at radius 2 is 1.77 bits per heavy atom. The summed E-state index contributed by atoms with van der Waals surface area (Å²) in [6.45, 7) is -0.280. The maximum absolute atomic E-state index is 13.7. The fourth-order valence-corrected chi connectivity index (χ4v) is 2.48. The van der Waals surface area contributed by atoms with E-state index in [0.29, 0.717) is 0 Å². The zero-order valence-corrected chi connectivity index (χ0v) is 13.2. The van der Waals surface area contributed by atoms with Crippen molar-refractivity contribution in [2.45, 2.75) is 12.7 Å². The molecule has 0 radical (unpaired) electrons. The van der Waals surface area contributed by atoms with Gasteiger partial charge in [0.1, 0.15) is 11.5 Å². The van der Waals surface area contributed by atoms with Crippen molar-refractivity contribution in [1.29, 1.82) is 0 Å². The summed E-state index contributed by atoms with van der Waals surface area (Å²) in [7, 11) is 0. The van der Waals surface area contributed by atoms with Crippen LogP contribution in [0.2, 0.25) is 0 Å². The van der Waals surface area contributed by atoms with E-state index < -0.39 is 29.5 Å². The lowest BCUT2D eigenvalue weighted by atomic mass is 10.1. The Hall–Kier alpha value is -3.16. The van der Waals surface area contributed by atoms with E-state index in [4.69, 9.17) is 0 Å². The monoisotopic (exact) mass is 364 g/mol. The third kappa shape index (κ3) is 3.58. The Morgan fingerprint density at radius 3 is 2.46 bits per heavy atom. The third-order valence-corrected chi connectivity index (χ3v) is 3.77. The van der Waals surface area contributed by atoms with Crippen molar-refractivity contribution in [3.05, 3.63) is 76.7 Å². The molecule has 0 aromatic heterocycles. The van der Waals surface area contributed by atoms with Gasteiger partial charge in [0.2, 0.25) is 0 Å². The smallest absolute Gasteiger partial charge is 0.303 e. The summed E-state index contributed by atoms with van der Waals surface area (Å²) in [5.41, 5.74) is -0.787. The molecule has 3 amide bonds. The van der Waals surface area contributed by atoms with Crippen molar-refractivity contribution in [1.82, 2.24) is 10.2 Å². The van der Waals surface area contributed by atoms with E-state index in [0.717, 1.165) is 23.1 Å². The average molecular weight is 364 g/mol. The average Bonchev–Trinajstić information content (AvgIpc) is 2.84. The molecule has 2 aromatic carbocycles. The summed E-state index contributed by atoms with van der Waals surface area (Å²) >= 11 is 0. The number of amides is 3. The molecule has 1 heterocycles. The molecule has 0 aliphatic carbocycles. The van der Waals surface area contributed by atoms with Gasteiger partial charge < -0.3 is 5.32 Å². The Kier molecular flexibility index (Phi) is 4.50. The van der Waals surface area contributed by atoms with Gasteiger partial charge in [-0.25, -0.2) is 9.18 Å². The number of imide groups is 1. The van der Waals surface area contributed by atoms with Crippen LogP contribution in [0.1, 0.15) is 16.7 Å². The van der Waals surface area contributed by atoms with Crippen LogP contribution in [0.5, 0.6) is 0 Å². The van der Waals surface area contributed by atoms with Crippen LogP contribution >= 0.6 is 0 Å². The number of carbonyl (C=O) groups is 2. The van der Waals surface area contributed by atoms with Gasteiger partial charge in [0.25, 0.3) is 5.91 Å². The van der Waals surface area contributed by atoms with Crippen molar-refractivity contribution in [2.75, 3.05) is 0 Å². The first-order valence-electron chi connectivity index (χ1n) is 7.51.